The van der Waals surface area contributed by atoms with Gasteiger partial charge in [-0.1, -0.05) is 51.1 Å². The Labute approximate surface area is 252 Å². The van der Waals surface area contributed by atoms with Gasteiger partial charge in [0.15, 0.2) is 0 Å². The molecule has 2 aromatic carbocycles. The van der Waals surface area contributed by atoms with Crippen LogP contribution in [0.4, 0.5) is 10.5 Å². The van der Waals surface area contributed by atoms with Gasteiger partial charge in [0.05, 0.1) is 5.92 Å². The molecule has 2 saturated heterocycles. The summed E-state index contributed by atoms with van der Waals surface area (Å²) < 4.78 is 5.59. The first-order valence-electron chi connectivity index (χ1n) is 15.5. The molecule has 0 radical (unpaired) electrons. The third kappa shape index (κ3) is 7.93. The molecule has 2 unspecified atom stereocenters. The van der Waals surface area contributed by atoms with Crippen LogP contribution < -0.4 is 5.32 Å². The molecular weight excluding hydrogens is 526 g/mol. The van der Waals surface area contributed by atoms with Gasteiger partial charge in [-0.25, -0.2) is 4.79 Å². The number of rotatable bonds is 5. The zero-order valence-corrected chi connectivity index (χ0v) is 26.5. The van der Waals surface area contributed by atoms with Crippen LogP contribution in [0.2, 0.25) is 0 Å². The Morgan fingerprint density at radius 1 is 0.905 bits per heavy atom. The van der Waals surface area contributed by atoms with Crippen molar-refractivity contribution in [2.75, 3.05) is 25.0 Å². The molecule has 2 aromatic rings. The molecule has 2 aliphatic rings. The van der Waals surface area contributed by atoms with Crippen molar-refractivity contribution in [3.63, 3.8) is 0 Å². The Morgan fingerprint density at radius 3 is 2.24 bits per heavy atom. The van der Waals surface area contributed by atoms with Crippen LogP contribution in [-0.4, -0.2) is 59.0 Å². The summed E-state index contributed by atoms with van der Waals surface area (Å²) in [4.78, 5) is 44.2. The van der Waals surface area contributed by atoms with Crippen LogP contribution in [0, 0.1) is 18.8 Å². The normalized spacial score (nSPS) is 20.3. The van der Waals surface area contributed by atoms with Crippen molar-refractivity contribution in [1.82, 2.24) is 9.80 Å². The number of amides is 3. The molecule has 0 spiro atoms. The minimum absolute atomic E-state index is 0.00322. The van der Waals surface area contributed by atoms with E-state index < -0.39 is 5.60 Å². The van der Waals surface area contributed by atoms with Crippen molar-refractivity contribution < 1.29 is 19.1 Å². The van der Waals surface area contributed by atoms with E-state index in [1.807, 2.05) is 69.0 Å². The number of likely N-dealkylation sites (tertiary alicyclic amines) is 2. The van der Waals surface area contributed by atoms with E-state index in [0.29, 0.717) is 31.1 Å². The van der Waals surface area contributed by atoms with Gasteiger partial charge in [-0.15, -0.1) is 0 Å². The highest BCUT2D eigenvalue weighted by molar-refractivity contribution is 5.97. The molecule has 1 N–H and O–H groups in total. The molecular formula is C35H49N3O4. The van der Waals surface area contributed by atoms with Crippen molar-refractivity contribution in [3.8, 4) is 0 Å². The van der Waals surface area contributed by atoms with Gasteiger partial charge in [0.25, 0.3) is 5.91 Å². The lowest BCUT2D eigenvalue weighted by atomic mass is 9.79. The van der Waals surface area contributed by atoms with E-state index in [1.165, 1.54) is 0 Å². The Bertz CT molecular complexity index is 1270. The van der Waals surface area contributed by atoms with Crippen LogP contribution in [0.3, 0.4) is 0 Å². The fourth-order valence-electron chi connectivity index (χ4n) is 6.19. The second kappa shape index (κ2) is 12.9. The number of ether oxygens (including phenoxy) is 1. The largest absolute Gasteiger partial charge is 0.444 e. The SMILES string of the molecule is Cc1ccccc1C(=O)N1CCCC(C(=O)Nc2cccc(C(C)(C)C)c2)C1CC1CCN(C(=O)OC(C)(C)C)CC1. The molecule has 42 heavy (non-hydrogen) atoms. The lowest BCUT2D eigenvalue weighted by Crippen LogP contribution is -2.53. The molecule has 3 amide bonds. The quantitative estimate of drug-likeness (QED) is 0.409. The predicted octanol–water partition coefficient (Wildman–Crippen LogP) is 7.19. The number of carbonyl (C=O) groups is 3. The fraction of sp³-hybridized carbons (Fsp3) is 0.571. The Morgan fingerprint density at radius 2 is 1.60 bits per heavy atom. The highest BCUT2D eigenvalue weighted by Crippen LogP contribution is 2.35. The summed E-state index contributed by atoms with van der Waals surface area (Å²) in [6.07, 6.45) is 3.63. The van der Waals surface area contributed by atoms with Crippen molar-refractivity contribution in [2.24, 2.45) is 11.8 Å². The average Bonchev–Trinajstić information content (AvgIpc) is 2.92. The number of aryl methyl sites for hydroxylation is 1. The number of hydrogen-bond acceptors (Lipinski definition) is 4. The monoisotopic (exact) mass is 575 g/mol. The van der Waals surface area contributed by atoms with Gasteiger partial charge in [-0.05, 0) is 100 Å². The average molecular weight is 576 g/mol. The smallest absolute Gasteiger partial charge is 0.410 e. The van der Waals surface area contributed by atoms with Crippen molar-refractivity contribution in [1.29, 1.82) is 0 Å². The second-order valence-electron chi connectivity index (χ2n) is 14.1. The van der Waals surface area contributed by atoms with Crippen molar-refractivity contribution in [2.45, 2.75) is 97.6 Å². The molecule has 4 rings (SSSR count). The van der Waals surface area contributed by atoms with E-state index in [4.69, 9.17) is 4.74 Å². The number of nitrogens with one attached hydrogen (secondary N) is 1. The lowest BCUT2D eigenvalue weighted by molar-refractivity contribution is -0.123. The van der Waals surface area contributed by atoms with Gasteiger partial charge in [0.1, 0.15) is 5.60 Å². The minimum atomic E-state index is -0.528. The van der Waals surface area contributed by atoms with Crippen LogP contribution in [0.5, 0.6) is 0 Å². The third-order valence-electron chi connectivity index (χ3n) is 8.59. The first-order chi connectivity index (χ1) is 19.7. The molecule has 228 valence electrons. The molecule has 7 nitrogen and oxygen atoms in total. The molecule has 0 bridgehead atoms. The Kier molecular flexibility index (Phi) is 9.69. The van der Waals surface area contributed by atoms with Crippen LogP contribution >= 0.6 is 0 Å². The highest BCUT2D eigenvalue weighted by atomic mass is 16.6. The summed E-state index contributed by atoms with van der Waals surface area (Å²) in [5.41, 5.74) is 3.03. The number of nitrogens with zero attached hydrogens (tertiary/aromatic N) is 2. The van der Waals surface area contributed by atoms with E-state index >= 15 is 0 Å². The van der Waals surface area contributed by atoms with Crippen LogP contribution in [0.15, 0.2) is 48.5 Å². The molecule has 7 heteroatoms. The van der Waals surface area contributed by atoms with Gasteiger partial charge in [-0.2, -0.15) is 0 Å². The number of carbonyl (C=O) groups excluding carboxylic acids is 3. The summed E-state index contributed by atoms with van der Waals surface area (Å²) in [6.45, 7) is 16.0. The van der Waals surface area contributed by atoms with Gasteiger partial charge < -0.3 is 19.9 Å². The van der Waals surface area contributed by atoms with Crippen molar-refractivity contribution in [3.05, 3.63) is 65.2 Å². The van der Waals surface area contributed by atoms with Crippen molar-refractivity contribution >= 4 is 23.6 Å². The van der Waals surface area contributed by atoms with Gasteiger partial charge in [0.2, 0.25) is 5.91 Å². The number of anilines is 1. The molecule has 0 saturated carbocycles. The topological polar surface area (TPSA) is 79.0 Å². The van der Waals surface area contributed by atoms with E-state index in [9.17, 15) is 14.4 Å². The van der Waals surface area contributed by atoms with E-state index in [-0.39, 0.29) is 35.3 Å². The third-order valence-corrected chi connectivity index (χ3v) is 8.59. The maximum Gasteiger partial charge on any atom is 0.410 e. The highest BCUT2D eigenvalue weighted by Gasteiger charge is 2.41. The predicted molar refractivity (Wildman–Crippen MR) is 168 cm³/mol. The van der Waals surface area contributed by atoms with Crippen LogP contribution in [0.25, 0.3) is 0 Å². The lowest BCUT2D eigenvalue weighted by Gasteiger charge is -2.43. The maximum absolute atomic E-state index is 14.0. The van der Waals surface area contributed by atoms with E-state index in [1.54, 1.807) is 4.90 Å². The maximum atomic E-state index is 14.0. The number of benzene rings is 2. The molecule has 2 fully saturated rings. The standard InChI is InChI=1S/C35H49N3O4/c1-24-12-8-9-15-28(24)32(40)38-19-11-16-29(31(39)36-27-14-10-13-26(23-27)34(2,3)4)30(38)22-25-17-20-37(21-18-25)33(41)42-35(5,6)7/h8-10,12-15,23,25,29-30H,11,16-22H2,1-7H3,(H,36,39). The molecule has 2 atom stereocenters. The zero-order valence-electron chi connectivity index (χ0n) is 26.5. The summed E-state index contributed by atoms with van der Waals surface area (Å²) in [6, 6.07) is 15.5. The Hall–Kier alpha value is -3.35. The minimum Gasteiger partial charge on any atom is -0.444 e. The second-order valence-corrected chi connectivity index (χ2v) is 14.1. The number of piperidine rings is 2. The van der Waals surface area contributed by atoms with Gasteiger partial charge in [-0.3, -0.25) is 9.59 Å². The van der Waals surface area contributed by atoms with Gasteiger partial charge in [0, 0.05) is 36.9 Å². The molecule has 2 heterocycles. The first-order valence-corrected chi connectivity index (χ1v) is 15.5. The van der Waals surface area contributed by atoms with Crippen LogP contribution in [-0.2, 0) is 14.9 Å². The zero-order chi connectivity index (χ0) is 30.7. The number of hydrogen-bond donors (Lipinski definition) is 1. The van der Waals surface area contributed by atoms with E-state index in [2.05, 4.69) is 38.2 Å². The molecule has 2 aliphatic heterocycles. The molecule has 0 aromatic heterocycles. The summed E-state index contributed by atoms with van der Waals surface area (Å²) in [5.74, 6) is -0.0385. The summed E-state index contributed by atoms with van der Waals surface area (Å²) in [7, 11) is 0. The fourth-order valence-corrected chi connectivity index (χ4v) is 6.19. The molecule has 0 aliphatic carbocycles. The Balaban J connectivity index is 1.54. The summed E-state index contributed by atoms with van der Waals surface area (Å²) >= 11 is 0. The van der Waals surface area contributed by atoms with E-state index in [0.717, 1.165) is 48.9 Å². The van der Waals surface area contributed by atoms with Gasteiger partial charge >= 0.3 is 6.09 Å². The first kappa shape index (κ1) is 31.6. The van der Waals surface area contributed by atoms with Crippen LogP contribution in [0.1, 0.15) is 95.1 Å². The summed E-state index contributed by atoms with van der Waals surface area (Å²) in [5, 5.41) is 3.20.